The normalized spacial score (nSPS) is 23.8. The van der Waals surface area contributed by atoms with Crippen LogP contribution in [-0.4, -0.2) is 25.7 Å². The summed E-state index contributed by atoms with van der Waals surface area (Å²) in [4.78, 5) is 14.9. The number of carbonyl (C=O) groups excluding carboxylic acids is 1. The molecule has 0 aliphatic heterocycles. The van der Waals surface area contributed by atoms with Gasteiger partial charge in [-0.2, -0.15) is 0 Å². The van der Waals surface area contributed by atoms with Crippen LogP contribution in [0.25, 0.3) is 10.4 Å². The number of benzene rings is 1. The fraction of sp³-hybridized carbons (Fsp3) is 0.533. The molecule has 2 unspecified atom stereocenters. The number of hydrogen-bond donors (Lipinski definition) is 0. The van der Waals surface area contributed by atoms with Crippen LogP contribution in [0, 0.1) is 0 Å². The zero-order chi connectivity index (χ0) is 15.3. The van der Waals surface area contributed by atoms with Crippen molar-refractivity contribution in [2.45, 2.75) is 37.8 Å². The second-order valence-corrected chi connectivity index (χ2v) is 4.99. The molecule has 2 atom stereocenters. The number of hydrogen-bond acceptors (Lipinski definition) is 4. The fourth-order valence-electron chi connectivity index (χ4n) is 3.03. The van der Waals surface area contributed by atoms with Crippen molar-refractivity contribution >= 4 is 5.97 Å². The summed E-state index contributed by atoms with van der Waals surface area (Å²) in [6, 6.07) is 7.37. The molecule has 0 fully saturated rings. The highest BCUT2D eigenvalue weighted by atomic mass is 16.5. The molecule has 6 heteroatoms. The summed E-state index contributed by atoms with van der Waals surface area (Å²) in [6.07, 6.45) is 1.49. The number of azide groups is 1. The Bertz CT molecular complexity index is 569. The molecule has 0 saturated carbocycles. The Kier molecular flexibility index (Phi) is 4.83. The second kappa shape index (κ2) is 6.61. The number of fused-ring (bicyclic) bond motifs is 1. The molecule has 1 aromatic carbocycles. The molecule has 0 amide bonds. The van der Waals surface area contributed by atoms with Crippen LogP contribution < -0.4 is 0 Å². The Balaban J connectivity index is 2.49. The third kappa shape index (κ3) is 2.86. The van der Waals surface area contributed by atoms with Crippen LogP contribution in [0.15, 0.2) is 29.4 Å². The first-order valence-corrected chi connectivity index (χ1v) is 7.01. The zero-order valence-corrected chi connectivity index (χ0v) is 12.3. The largest absolute Gasteiger partial charge is 0.466 e. The van der Waals surface area contributed by atoms with Gasteiger partial charge in [0, 0.05) is 12.0 Å². The van der Waals surface area contributed by atoms with Gasteiger partial charge in [-0.15, -0.1) is 0 Å². The van der Waals surface area contributed by atoms with Crippen LogP contribution in [0.3, 0.4) is 0 Å². The minimum absolute atomic E-state index is 0.0397. The van der Waals surface area contributed by atoms with E-state index >= 15 is 0 Å². The van der Waals surface area contributed by atoms with E-state index in [1.54, 1.807) is 14.0 Å². The van der Waals surface area contributed by atoms with Crippen LogP contribution in [0.2, 0.25) is 0 Å². The van der Waals surface area contributed by atoms with Crippen molar-refractivity contribution in [3.05, 3.63) is 45.8 Å². The Labute approximate surface area is 123 Å². The van der Waals surface area contributed by atoms with E-state index in [1.807, 2.05) is 24.3 Å². The summed E-state index contributed by atoms with van der Waals surface area (Å²) in [5.74, 6) is -0.353. The van der Waals surface area contributed by atoms with Gasteiger partial charge >= 0.3 is 5.97 Å². The molecule has 0 radical (unpaired) electrons. The predicted molar refractivity (Wildman–Crippen MR) is 77.6 cm³/mol. The second-order valence-electron chi connectivity index (χ2n) is 4.99. The van der Waals surface area contributed by atoms with Gasteiger partial charge in [0.25, 0.3) is 0 Å². The number of carbonyl (C=O) groups is 1. The van der Waals surface area contributed by atoms with Gasteiger partial charge in [0.1, 0.15) is 5.60 Å². The van der Waals surface area contributed by atoms with E-state index in [-0.39, 0.29) is 12.4 Å². The van der Waals surface area contributed by atoms with Gasteiger partial charge < -0.3 is 9.47 Å². The Morgan fingerprint density at radius 3 is 2.95 bits per heavy atom. The molecule has 21 heavy (non-hydrogen) atoms. The standard InChI is InChI=1S/C15H19N3O3/c1-3-21-14(19)10-15(20-2)12-7-5-4-6-11(12)8-9-13(15)17-18-16/h4-7,13H,3,8-10H2,1-2H3. The molecule has 112 valence electrons. The summed E-state index contributed by atoms with van der Waals surface area (Å²) in [5, 5.41) is 3.87. The smallest absolute Gasteiger partial charge is 0.309 e. The molecular formula is C15H19N3O3. The molecule has 1 aromatic rings. The molecule has 0 heterocycles. The summed E-state index contributed by atoms with van der Waals surface area (Å²) in [5.41, 5.74) is 9.89. The van der Waals surface area contributed by atoms with Crippen molar-refractivity contribution < 1.29 is 14.3 Å². The van der Waals surface area contributed by atoms with E-state index in [4.69, 9.17) is 15.0 Å². The zero-order valence-electron chi connectivity index (χ0n) is 12.3. The van der Waals surface area contributed by atoms with Crippen molar-refractivity contribution in [2.75, 3.05) is 13.7 Å². The lowest BCUT2D eigenvalue weighted by Gasteiger charge is -2.41. The van der Waals surface area contributed by atoms with Gasteiger partial charge in [-0.1, -0.05) is 29.4 Å². The number of methoxy groups -OCH3 is 1. The van der Waals surface area contributed by atoms with Crippen LogP contribution in [0.1, 0.15) is 30.9 Å². The lowest BCUT2D eigenvalue weighted by molar-refractivity contribution is -0.153. The quantitative estimate of drug-likeness (QED) is 0.361. The van der Waals surface area contributed by atoms with E-state index in [0.717, 1.165) is 17.5 Å². The van der Waals surface area contributed by atoms with E-state index in [2.05, 4.69) is 10.0 Å². The third-order valence-corrected chi connectivity index (χ3v) is 3.97. The number of ether oxygens (including phenoxy) is 2. The van der Waals surface area contributed by atoms with Gasteiger partial charge in [-0.05, 0) is 36.4 Å². The highest BCUT2D eigenvalue weighted by Crippen LogP contribution is 2.42. The Morgan fingerprint density at radius 2 is 2.29 bits per heavy atom. The van der Waals surface area contributed by atoms with Crippen LogP contribution >= 0.6 is 0 Å². The minimum atomic E-state index is -0.951. The van der Waals surface area contributed by atoms with Crippen LogP contribution in [0.5, 0.6) is 0 Å². The highest BCUT2D eigenvalue weighted by Gasteiger charge is 2.46. The first-order chi connectivity index (χ1) is 10.2. The molecule has 1 aliphatic rings. The van der Waals surface area contributed by atoms with Gasteiger partial charge in [-0.3, -0.25) is 4.79 Å². The summed E-state index contributed by atoms with van der Waals surface area (Å²) < 4.78 is 10.8. The molecule has 0 aromatic heterocycles. The molecule has 0 spiro atoms. The monoisotopic (exact) mass is 289 g/mol. The highest BCUT2D eigenvalue weighted by molar-refractivity contribution is 5.71. The molecule has 6 nitrogen and oxygen atoms in total. The molecule has 1 aliphatic carbocycles. The maximum Gasteiger partial charge on any atom is 0.309 e. The van der Waals surface area contributed by atoms with E-state index < -0.39 is 11.6 Å². The number of esters is 1. The van der Waals surface area contributed by atoms with Gasteiger partial charge in [0.15, 0.2) is 0 Å². The van der Waals surface area contributed by atoms with E-state index in [1.165, 1.54) is 0 Å². The van der Waals surface area contributed by atoms with Crippen LogP contribution in [0.4, 0.5) is 0 Å². The average molecular weight is 289 g/mol. The van der Waals surface area contributed by atoms with Crippen LogP contribution in [-0.2, 0) is 26.3 Å². The molecule has 0 saturated heterocycles. The predicted octanol–water partition coefficient (Wildman–Crippen LogP) is 3.11. The van der Waals surface area contributed by atoms with Gasteiger partial charge in [0.05, 0.1) is 19.1 Å². The van der Waals surface area contributed by atoms with Crippen molar-refractivity contribution in [3.63, 3.8) is 0 Å². The van der Waals surface area contributed by atoms with E-state index in [9.17, 15) is 4.79 Å². The van der Waals surface area contributed by atoms with Crippen molar-refractivity contribution in [3.8, 4) is 0 Å². The molecule has 0 N–H and O–H groups in total. The summed E-state index contributed by atoms with van der Waals surface area (Å²) >= 11 is 0. The average Bonchev–Trinajstić information content (AvgIpc) is 2.50. The van der Waals surface area contributed by atoms with Crippen molar-refractivity contribution in [1.82, 2.24) is 0 Å². The molecule has 0 bridgehead atoms. The van der Waals surface area contributed by atoms with E-state index in [0.29, 0.717) is 13.0 Å². The lowest BCUT2D eigenvalue weighted by Crippen LogP contribution is -2.46. The summed E-state index contributed by atoms with van der Waals surface area (Å²) in [6.45, 7) is 2.07. The SMILES string of the molecule is CCOC(=O)CC1(OC)c2ccccc2CCC1N=[N+]=[N-]. The minimum Gasteiger partial charge on any atom is -0.466 e. The van der Waals surface area contributed by atoms with Gasteiger partial charge in [-0.25, -0.2) is 0 Å². The van der Waals surface area contributed by atoms with Gasteiger partial charge in [0.2, 0.25) is 0 Å². The third-order valence-electron chi connectivity index (χ3n) is 3.97. The fourth-order valence-corrected chi connectivity index (χ4v) is 3.03. The maximum absolute atomic E-state index is 12.0. The Morgan fingerprint density at radius 1 is 1.52 bits per heavy atom. The van der Waals surface area contributed by atoms with Crippen molar-refractivity contribution in [1.29, 1.82) is 0 Å². The van der Waals surface area contributed by atoms with Crippen molar-refractivity contribution in [2.24, 2.45) is 5.11 Å². The first kappa shape index (κ1) is 15.4. The summed E-state index contributed by atoms with van der Waals surface area (Å²) in [7, 11) is 1.54. The maximum atomic E-state index is 12.0. The molecular weight excluding hydrogens is 270 g/mol. The number of nitrogens with zero attached hydrogens (tertiary/aromatic N) is 3. The Hall–Kier alpha value is -2.04. The number of rotatable bonds is 5. The topological polar surface area (TPSA) is 84.3 Å². The molecule has 2 rings (SSSR count). The number of aryl methyl sites for hydroxylation is 1. The lowest BCUT2D eigenvalue weighted by atomic mass is 9.74. The first-order valence-electron chi connectivity index (χ1n) is 7.01.